The molecule has 0 saturated carbocycles. The molecule has 3 aromatic rings. The van der Waals surface area contributed by atoms with Gasteiger partial charge in [0.2, 0.25) is 5.91 Å². The second-order valence-corrected chi connectivity index (χ2v) is 7.15. The summed E-state index contributed by atoms with van der Waals surface area (Å²) in [6.45, 7) is 0. The quantitative estimate of drug-likeness (QED) is 0.526. The van der Waals surface area contributed by atoms with E-state index < -0.39 is 6.04 Å². The lowest BCUT2D eigenvalue weighted by molar-refractivity contribution is -0.116. The first-order valence-corrected chi connectivity index (χ1v) is 10.0. The van der Waals surface area contributed by atoms with Crippen molar-refractivity contribution in [1.29, 1.82) is 0 Å². The Kier molecular flexibility index (Phi) is 7.51. The highest BCUT2D eigenvalue weighted by Crippen LogP contribution is 2.36. The Morgan fingerprint density at radius 2 is 1.52 bits per heavy atom. The van der Waals surface area contributed by atoms with Crippen LogP contribution in [0.2, 0.25) is 5.02 Å². The van der Waals surface area contributed by atoms with Crippen molar-refractivity contribution < 1.29 is 19.1 Å². The fraction of sp³-hybridized carbons (Fsp3) is 0.167. The van der Waals surface area contributed by atoms with Crippen molar-refractivity contribution in [3.05, 3.63) is 88.9 Å². The molecule has 7 heteroatoms. The molecule has 3 rings (SSSR count). The van der Waals surface area contributed by atoms with Gasteiger partial charge in [-0.2, -0.15) is 0 Å². The number of methoxy groups -OCH3 is 2. The minimum Gasteiger partial charge on any atom is -0.495 e. The van der Waals surface area contributed by atoms with Gasteiger partial charge in [-0.3, -0.25) is 9.59 Å². The third-order valence-electron chi connectivity index (χ3n) is 4.68. The number of carbonyl (C=O) groups excluding carboxylic acids is 2. The van der Waals surface area contributed by atoms with Crippen molar-refractivity contribution in [2.45, 2.75) is 12.5 Å². The summed E-state index contributed by atoms with van der Waals surface area (Å²) in [5, 5.41) is 6.10. The van der Waals surface area contributed by atoms with Crippen LogP contribution in [0.1, 0.15) is 28.4 Å². The lowest BCUT2D eigenvalue weighted by atomic mass is 10.0. The van der Waals surface area contributed by atoms with Crippen molar-refractivity contribution in [2.75, 3.05) is 19.5 Å². The monoisotopic (exact) mass is 438 g/mol. The first kappa shape index (κ1) is 22.2. The number of ether oxygens (including phenoxy) is 2. The van der Waals surface area contributed by atoms with Crippen molar-refractivity contribution in [3.8, 4) is 11.5 Å². The van der Waals surface area contributed by atoms with Crippen LogP contribution in [0.3, 0.4) is 0 Å². The summed E-state index contributed by atoms with van der Waals surface area (Å²) in [7, 11) is 2.99. The summed E-state index contributed by atoms with van der Waals surface area (Å²) in [6, 6.07) is 20.9. The van der Waals surface area contributed by atoms with E-state index in [2.05, 4.69) is 10.6 Å². The molecule has 0 aliphatic carbocycles. The molecular weight excluding hydrogens is 416 g/mol. The minimum atomic E-state index is -0.520. The van der Waals surface area contributed by atoms with Crippen LogP contribution in [0, 0.1) is 0 Å². The standard InChI is InChI=1S/C24H23ClN2O4/c1-30-21-15-22(31-2)20(13-18(21)25)26-23(28)14-19(16-9-5-3-6-10-16)27-24(29)17-11-7-4-8-12-17/h3-13,15,19H,14H2,1-2H3,(H,26,28)(H,27,29). The number of halogens is 1. The molecule has 0 saturated heterocycles. The van der Waals surface area contributed by atoms with Gasteiger partial charge in [0, 0.05) is 11.6 Å². The highest BCUT2D eigenvalue weighted by Gasteiger charge is 2.20. The lowest BCUT2D eigenvalue weighted by Crippen LogP contribution is -2.31. The molecule has 0 aliphatic rings. The van der Waals surface area contributed by atoms with E-state index in [1.165, 1.54) is 14.2 Å². The molecule has 0 bridgehead atoms. The van der Waals surface area contributed by atoms with Crippen LogP contribution in [-0.4, -0.2) is 26.0 Å². The van der Waals surface area contributed by atoms with E-state index in [0.717, 1.165) is 5.56 Å². The topological polar surface area (TPSA) is 76.7 Å². The van der Waals surface area contributed by atoms with E-state index in [4.69, 9.17) is 21.1 Å². The number of hydrogen-bond donors (Lipinski definition) is 2. The van der Waals surface area contributed by atoms with Gasteiger partial charge < -0.3 is 20.1 Å². The van der Waals surface area contributed by atoms with Crippen LogP contribution in [0.4, 0.5) is 5.69 Å². The average molecular weight is 439 g/mol. The first-order valence-electron chi connectivity index (χ1n) is 9.64. The number of rotatable bonds is 8. The average Bonchev–Trinajstić information content (AvgIpc) is 2.80. The van der Waals surface area contributed by atoms with Crippen LogP contribution in [-0.2, 0) is 4.79 Å². The van der Waals surface area contributed by atoms with Crippen molar-refractivity contribution in [1.82, 2.24) is 5.32 Å². The SMILES string of the molecule is COc1cc(OC)c(NC(=O)CC(NC(=O)c2ccccc2)c2ccccc2)cc1Cl. The predicted octanol–water partition coefficient (Wildman–Crippen LogP) is 4.86. The van der Waals surface area contributed by atoms with Crippen LogP contribution < -0.4 is 20.1 Å². The second-order valence-electron chi connectivity index (χ2n) is 6.74. The molecule has 2 amide bonds. The van der Waals surface area contributed by atoms with Gasteiger partial charge in [-0.1, -0.05) is 60.1 Å². The second kappa shape index (κ2) is 10.5. The Hall–Kier alpha value is -3.51. The fourth-order valence-electron chi connectivity index (χ4n) is 3.11. The molecule has 2 N–H and O–H groups in total. The van der Waals surface area contributed by atoms with Gasteiger partial charge in [0.05, 0.1) is 37.4 Å². The zero-order valence-electron chi connectivity index (χ0n) is 17.2. The maximum Gasteiger partial charge on any atom is 0.251 e. The maximum absolute atomic E-state index is 12.9. The number of amides is 2. The minimum absolute atomic E-state index is 0.0232. The van der Waals surface area contributed by atoms with E-state index in [1.807, 2.05) is 36.4 Å². The summed E-state index contributed by atoms with van der Waals surface area (Å²) in [4.78, 5) is 25.5. The van der Waals surface area contributed by atoms with Gasteiger partial charge in [0.25, 0.3) is 5.91 Å². The van der Waals surface area contributed by atoms with Crippen molar-refractivity contribution >= 4 is 29.1 Å². The molecule has 0 aliphatic heterocycles. The third-order valence-corrected chi connectivity index (χ3v) is 4.98. The summed E-state index contributed by atoms with van der Waals surface area (Å²) < 4.78 is 10.5. The number of anilines is 1. The number of nitrogens with one attached hydrogen (secondary N) is 2. The highest BCUT2D eigenvalue weighted by molar-refractivity contribution is 6.32. The van der Waals surface area contributed by atoms with Gasteiger partial charge in [-0.25, -0.2) is 0 Å². The first-order chi connectivity index (χ1) is 15.0. The molecule has 3 aromatic carbocycles. The van der Waals surface area contributed by atoms with Crippen LogP contribution in [0.5, 0.6) is 11.5 Å². The lowest BCUT2D eigenvalue weighted by Gasteiger charge is -2.20. The Labute approximate surface area is 186 Å². The van der Waals surface area contributed by atoms with E-state index in [0.29, 0.717) is 27.8 Å². The van der Waals surface area contributed by atoms with Gasteiger partial charge in [0.15, 0.2) is 0 Å². The van der Waals surface area contributed by atoms with Gasteiger partial charge in [-0.05, 0) is 23.8 Å². The van der Waals surface area contributed by atoms with Crippen LogP contribution in [0.15, 0.2) is 72.8 Å². The zero-order valence-corrected chi connectivity index (χ0v) is 18.0. The maximum atomic E-state index is 12.9. The Bertz CT molecular complexity index is 1040. The molecule has 0 radical (unpaired) electrons. The van der Waals surface area contributed by atoms with E-state index in [9.17, 15) is 9.59 Å². The van der Waals surface area contributed by atoms with E-state index in [-0.39, 0.29) is 18.2 Å². The van der Waals surface area contributed by atoms with Crippen LogP contribution >= 0.6 is 11.6 Å². The fourth-order valence-corrected chi connectivity index (χ4v) is 3.35. The van der Waals surface area contributed by atoms with Gasteiger partial charge in [-0.15, -0.1) is 0 Å². The molecule has 0 fully saturated rings. The summed E-state index contributed by atoms with van der Waals surface area (Å²) in [6.07, 6.45) is 0.0232. The number of hydrogen-bond acceptors (Lipinski definition) is 4. The molecule has 1 unspecified atom stereocenters. The van der Waals surface area contributed by atoms with Crippen molar-refractivity contribution in [3.63, 3.8) is 0 Å². The predicted molar refractivity (Wildman–Crippen MR) is 121 cm³/mol. The largest absolute Gasteiger partial charge is 0.495 e. The number of benzene rings is 3. The van der Waals surface area contributed by atoms with Crippen LogP contribution in [0.25, 0.3) is 0 Å². The molecule has 1 atom stereocenters. The van der Waals surface area contributed by atoms with Gasteiger partial charge in [0.1, 0.15) is 11.5 Å². The van der Waals surface area contributed by atoms with Crippen molar-refractivity contribution in [2.24, 2.45) is 0 Å². The Morgan fingerprint density at radius 3 is 2.13 bits per heavy atom. The molecule has 0 aromatic heterocycles. The zero-order chi connectivity index (χ0) is 22.2. The summed E-state index contributed by atoms with van der Waals surface area (Å²) in [5.41, 5.74) is 1.76. The van der Waals surface area contributed by atoms with E-state index >= 15 is 0 Å². The van der Waals surface area contributed by atoms with Gasteiger partial charge >= 0.3 is 0 Å². The highest BCUT2D eigenvalue weighted by atomic mass is 35.5. The molecular formula is C24H23ClN2O4. The molecule has 31 heavy (non-hydrogen) atoms. The summed E-state index contributed by atoms with van der Waals surface area (Å²) >= 11 is 6.19. The third kappa shape index (κ3) is 5.77. The molecule has 0 spiro atoms. The Morgan fingerprint density at radius 1 is 0.903 bits per heavy atom. The molecule has 160 valence electrons. The Balaban J connectivity index is 1.79. The van der Waals surface area contributed by atoms with E-state index in [1.54, 1.807) is 36.4 Å². The normalized spacial score (nSPS) is 11.3. The smallest absolute Gasteiger partial charge is 0.251 e. The number of carbonyl (C=O) groups is 2. The molecule has 6 nitrogen and oxygen atoms in total. The summed E-state index contributed by atoms with van der Waals surface area (Å²) in [5.74, 6) is 0.294. The molecule has 0 heterocycles.